The van der Waals surface area contributed by atoms with Gasteiger partial charge in [0.1, 0.15) is 5.56 Å². The van der Waals surface area contributed by atoms with E-state index in [9.17, 15) is 35.9 Å². The zero-order valence-electron chi connectivity index (χ0n) is 11.8. The van der Waals surface area contributed by atoms with Gasteiger partial charge < -0.3 is 0 Å². The highest BCUT2D eigenvalue weighted by atomic mass is 19.4. The van der Waals surface area contributed by atoms with Crippen molar-refractivity contribution in [1.29, 1.82) is 0 Å². The molecule has 0 spiro atoms. The fourth-order valence-electron chi connectivity index (χ4n) is 2.33. The van der Waals surface area contributed by atoms with Crippen LogP contribution >= 0.6 is 0 Å². The number of aromatic nitrogens is 1. The second-order valence-corrected chi connectivity index (χ2v) is 5.01. The summed E-state index contributed by atoms with van der Waals surface area (Å²) >= 11 is 0. The number of benzene rings is 1. The molecule has 2 aromatic rings. The summed E-state index contributed by atoms with van der Waals surface area (Å²) in [6.45, 7) is 2.72. The van der Waals surface area contributed by atoms with Crippen LogP contribution in [0.25, 0.3) is 10.9 Å². The quantitative estimate of drug-likeness (QED) is 0.545. The van der Waals surface area contributed by atoms with Crippen molar-refractivity contribution in [1.82, 2.24) is 4.57 Å². The Balaban J connectivity index is 3.28. The van der Waals surface area contributed by atoms with E-state index in [-0.39, 0.29) is 11.6 Å². The first kappa shape index (κ1) is 17.0. The SMILES string of the molecule is Cc1cc(C)c2cc(C(F)(F)F)c(=O)c(=O)n(C(F)(F)F)c2c1. The smallest absolute Gasteiger partial charge is 0.283 e. The molecular weight excluding hydrogens is 328 g/mol. The van der Waals surface area contributed by atoms with Crippen molar-refractivity contribution in [3.05, 3.63) is 55.5 Å². The van der Waals surface area contributed by atoms with Crippen molar-refractivity contribution in [2.75, 3.05) is 0 Å². The van der Waals surface area contributed by atoms with Gasteiger partial charge in [-0.15, -0.1) is 13.2 Å². The maximum atomic E-state index is 13.2. The molecule has 0 aliphatic carbocycles. The Morgan fingerprint density at radius 1 is 0.913 bits per heavy atom. The molecule has 0 radical (unpaired) electrons. The minimum atomic E-state index is -5.34. The van der Waals surface area contributed by atoms with E-state index in [4.69, 9.17) is 0 Å². The van der Waals surface area contributed by atoms with Gasteiger partial charge in [0.15, 0.2) is 0 Å². The van der Waals surface area contributed by atoms with Gasteiger partial charge in [0.25, 0.3) is 5.43 Å². The lowest BCUT2D eigenvalue weighted by molar-refractivity contribution is -0.203. The first-order valence-corrected chi connectivity index (χ1v) is 6.20. The first-order chi connectivity index (χ1) is 10.3. The van der Waals surface area contributed by atoms with Gasteiger partial charge in [-0.25, -0.2) is 4.57 Å². The van der Waals surface area contributed by atoms with Crippen molar-refractivity contribution in [3.63, 3.8) is 0 Å². The molecule has 0 aliphatic heterocycles. The first-order valence-electron chi connectivity index (χ1n) is 6.20. The van der Waals surface area contributed by atoms with Crippen LogP contribution in [-0.4, -0.2) is 4.57 Å². The number of hydrogen-bond donors (Lipinski definition) is 0. The van der Waals surface area contributed by atoms with Crippen molar-refractivity contribution in [2.45, 2.75) is 26.3 Å². The van der Waals surface area contributed by atoms with Crippen LogP contribution in [0.1, 0.15) is 16.7 Å². The molecule has 0 aliphatic rings. The van der Waals surface area contributed by atoms with E-state index in [0.29, 0.717) is 5.56 Å². The average Bonchev–Trinajstić information content (AvgIpc) is 2.44. The molecule has 0 saturated carbocycles. The van der Waals surface area contributed by atoms with E-state index in [1.807, 2.05) is 0 Å². The summed E-state index contributed by atoms with van der Waals surface area (Å²) in [7, 11) is 0. The molecule has 1 heterocycles. The van der Waals surface area contributed by atoms with Crippen LogP contribution in [0.3, 0.4) is 0 Å². The summed E-state index contributed by atoms with van der Waals surface area (Å²) in [5.41, 5.74) is -6.87. The van der Waals surface area contributed by atoms with E-state index in [1.165, 1.54) is 19.9 Å². The predicted molar refractivity (Wildman–Crippen MR) is 70.3 cm³/mol. The zero-order valence-corrected chi connectivity index (χ0v) is 11.8. The topological polar surface area (TPSA) is 39.1 Å². The minimum absolute atomic E-state index is 0.0819. The Kier molecular flexibility index (Phi) is 3.78. The van der Waals surface area contributed by atoms with Crippen molar-refractivity contribution in [2.24, 2.45) is 0 Å². The van der Waals surface area contributed by atoms with Crippen molar-refractivity contribution in [3.8, 4) is 0 Å². The van der Waals surface area contributed by atoms with E-state index in [0.717, 1.165) is 6.07 Å². The highest BCUT2D eigenvalue weighted by Crippen LogP contribution is 2.31. The van der Waals surface area contributed by atoms with Gasteiger partial charge >= 0.3 is 18.0 Å². The second kappa shape index (κ2) is 5.10. The fraction of sp³-hybridized carbons (Fsp3) is 0.286. The van der Waals surface area contributed by atoms with Crippen molar-refractivity contribution >= 4 is 10.9 Å². The Bertz CT molecular complexity index is 909. The van der Waals surface area contributed by atoms with E-state index < -0.39 is 44.5 Å². The molecule has 1 aromatic heterocycles. The molecule has 0 saturated heterocycles. The lowest BCUT2D eigenvalue weighted by Gasteiger charge is -2.12. The molecule has 0 N–H and O–H groups in total. The Labute approximate surface area is 124 Å². The average molecular weight is 337 g/mol. The summed E-state index contributed by atoms with van der Waals surface area (Å²) in [6.07, 6.45) is -10.6. The fourth-order valence-corrected chi connectivity index (χ4v) is 2.33. The lowest BCUT2D eigenvalue weighted by atomic mass is 10.1. The van der Waals surface area contributed by atoms with Crippen LogP contribution in [0, 0.1) is 13.8 Å². The number of rotatable bonds is 0. The van der Waals surface area contributed by atoms with E-state index in [2.05, 4.69) is 0 Å². The third-order valence-electron chi connectivity index (χ3n) is 3.24. The third kappa shape index (κ3) is 2.95. The largest absolute Gasteiger partial charge is 0.491 e. The van der Waals surface area contributed by atoms with E-state index >= 15 is 0 Å². The van der Waals surface area contributed by atoms with Crippen LogP contribution < -0.4 is 11.0 Å². The molecule has 3 nitrogen and oxygen atoms in total. The molecule has 0 unspecified atom stereocenters. The number of fused-ring (bicyclic) bond motifs is 1. The Morgan fingerprint density at radius 2 is 1.48 bits per heavy atom. The number of alkyl halides is 6. The number of aryl methyl sites for hydroxylation is 2. The molecule has 2 rings (SSSR count). The Hall–Kier alpha value is -2.32. The van der Waals surface area contributed by atoms with Crippen molar-refractivity contribution < 1.29 is 26.3 Å². The lowest BCUT2D eigenvalue weighted by Crippen LogP contribution is -2.40. The van der Waals surface area contributed by atoms with Gasteiger partial charge in [0, 0.05) is 5.39 Å². The Morgan fingerprint density at radius 3 is 1.96 bits per heavy atom. The molecule has 0 fully saturated rings. The normalized spacial score (nSPS) is 12.7. The molecule has 1 aromatic carbocycles. The van der Waals surface area contributed by atoms with Crippen LogP contribution in [0.2, 0.25) is 0 Å². The molecule has 0 amide bonds. The standard InChI is InChI=1S/C14H9F6NO2/c1-6-3-7(2)8-5-9(13(15,16)17)11(22)12(23)21(10(8)4-6)14(18,19)20/h3-5H,1-2H3. The van der Waals surface area contributed by atoms with Gasteiger partial charge in [-0.1, -0.05) is 6.07 Å². The van der Waals surface area contributed by atoms with Gasteiger partial charge in [-0.2, -0.15) is 13.2 Å². The summed E-state index contributed by atoms with van der Waals surface area (Å²) in [6, 6.07) is 2.56. The van der Waals surface area contributed by atoms with Gasteiger partial charge in [0.05, 0.1) is 5.52 Å². The summed E-state index contributed by atoms with van der Waals surface area (Å²) in [4.78, 5) is 23.4. The maximum Gasteiger partial charge on any atom is 0.491 e. The third-order valence-corrected chi connectivity index (χ3v) is 3.24. The molecule has 0 bridgehead atoms. The summed E-state index contributed by atoms with van der Waals surface area (Å²) in [5, 5.41) is -0.473. The maximum absolute atomic E-state index is 13.2. The van der Waals surface area contributed by atoms with Gasteiger partial charge in [-0.3, -0.25) is 9.59 Å². The summed E-state index contributed by atoms with van der Waals surface area (Å²) < 4.78 is 77.4. The minimum Gasteiger partial charge on any atom is -0.283 e. The van der Waals surface area contributed by atoms with Gasteiger partial charge in [-0.05, 0) is 37.1 Å². The highest BCUT2D eigenvalue weighted by molar-refractivity contribution is 5.83. The number of halogens is 6. The van der Waals surface area contributed by atoms with Gasteiger partial charge in [0.2, 0.25) is 0 Å². The van der Waals surface area contributed by atoms with Crippen LogP contribution in [0.5, 0.6) is 0 Å². The van der Waals surface area contributed by atoms with E-state index in [1.54, 1.807) is 0 Å². The second-order valence-electron chi connectivity index (χ2n) is 5.01. The molecular formula is C14H9F6NO2. The predicted octanol–water partition coefficient (Wildman–Crippen LogP) is 3.47. The van der Waals surface area contributed by atoms with Crippen LogP contribution in [0.4, 0.5) is 26.3 Å². The molecule has 9 heteroatoms. The molecule has 0 atom stereocenters. The highest BCUT2D eigenvalue weighted by Gasteiger charge is 2.39. The number of hydrogen-bond acceptors (Lipinski definition) is 2. The van der Waals surface area contributed by atoms with Crippen LogP contribution in [0.15, 0.2) is 27.8 Å². The molecule has 124 valence electrons. The van der Waals surface area contributed by atoms with Crippen LogP contribution in [-0.2, 0) is 12.5 Å². The number of nitrogens with zero attached hydrogens (tertiary/aromatic N) is 1. The zero-order chi connectivity index (χ0) is 17.7. The molecule has 23 heavy (non-hydrogen) atoms. The summed E-state index contributed by atoms with van der Waals surface area (Å²) in [5.74, 6) is 0. The monoisotopic (exact) mass is 337 g/mol.